The maximum absolute atomic E-state index is 5.67. The van der Waals surface area contributed by atoms with E-state index in [4.69, 9.17) is 5.73 Å². The van der Waals surface area contributed by atoms with Gasteiger partial charge in [-0.1, -0.05) is 24.3 Å². The van der Waals surface area contributed by atoms with Crippen LogP contribution in [0.25, 0.3) is 0 Å². The predicted octanol–water partition coefficient (Wildman–Crippen LogP) is 2.52. The van der Waals surface area contributed by atoms with Crippen LogP contribution in [0.5, 0.6) is 0 Å². The largest absolute Gasteiger partial charge is 0.326 e. The third-order valence-electron chi connectivity index (χ3n) is 3.73. The van der Waals surface area contributed by atoms with Crippen molar-refractivity contribution in [2.24, 2.45) is 5.73 Å². The first kappa shape index (κ1) is 11.6. The van der Waals surface area contributed by atoms with E-state index in [1.165, 1.54) is 24.0 Å². The summed E-state index contributed by atoms with van der Waals surface area (Å²) in [4.78, 5) is 2.59. The molecule has 2 N–H and O–H groups in total. The summed E-state index contributed by atoms with van der Waals surface area (Å²) < 4.78 is 0. The molecule has 0 radical (unpaired) electrons. The van der Waals surface area contributed by atoms with Crippen LogP contribution in [0.15, 0.2) is 24.3 Å². The lowest BCUT2D eigenvalue weighted by molar-refractivity contribution is 0.205. The molecule has 88 valence electrons. The van der Waals surface area contributed by atoms with Gasteiger partial charge in [0.2, 0.25) is 0 Å². The Morgan fingerprint density at radius 3 is 2.44 bits per heavy atom. The smallest absolute Gasteiger partial charge is 0.0239 e. The minimum atomic E-state index is 0.638. The fourth-order valence-corrected chi connectivity index (χ4v) is 2.63. The van der Waals surface area contributed by atoms with Gasteiger partial charge in [0, 0.05) is 25.2 Å². The van der Waals surface area contributed by atoms with E-state index >= 15 is 0 Å². The van der Waals surface area contributed by atoms with E-state index in [1.807, 2.05) is 0 Å². The summed E-state index contributed by atoms with van der Waals surface area (Å²) in [5.41, 5.74) is 8.29. The van der Waals surface area contributed by atoms with Gasteiger partial charge in [0.15, 0.2) is 0 Å². The summed E-state index contributed by atoms with van der Waals surface area (Å²) in [5.74, 6) is 0. The fraction of sp³-hybridized carbons (Fsp3) is 0.571. The van der Waals surface area contributed by atoms with Gasteiger partial charge in [0.1, 0.15) is 0 Å². The molecule has 0 spiro atoms. The van der Waals surface area contributed by atoms with E-state index < -0.39 is 0 Å². The van der Waals surface area contributed by atoms with Crippen LogP contribution in [0.1, 0.15) is 37.8 Å². The molecule has 1 heterocycles. The summed E-state index contributed by atoms with van der Waals surface area (Å²) >= 11 is 0. The Labute approximate surface area is 98.4 Å². The summed E-state index contributed by atoms with van der Waals surface area (Å²) in [5, 5.41) is 0. The molecule has 2 heteroatoms. The van der Waals surface area contributed by atoms with Gasteiger partial charge >= 0.3 is 0 Å². The maximum atomic E-state index is 5.67. The first-order valence-corrected chi connectivity index (χ1v) is 6.24. The van der Waals surface area contributed by atoms with Crippen LogP contribution in [0.2, 0.25) is 0 Å². The number of nitrogens with zero attached hydrogens (tertiary/aromatic N) is 1. The van der Waals surface area contributed by atoms with E-state index in [2.05, 4.69) is 43.0 Å². The minimum absolute atomic E-state index is 0.638. The Balaban J connectivity index is 2.07. The van der Waals surface area contributed by atoms with Gasteiger partial charge in [-0.25, -0.2) is 0 Å². The highest BCUT2D eigenvalue weighted by atomic mass is 15.2. The van der Waals surface area contributed by atoms with Crippen LogP contribution in [-0.4, -0.2) is 17.0 Å². The summed E-state index contributed by atoms with van der Waals surface area (Å²) in [6.45, 7) is 6.36. The highest BCUT2D eigenvalue weighted by Gasteiger charge is 2.26. The summed E-state index contributed by atoms with van der Waals surface area (Å²) in [6.07, 6.45) is 2.66. The summed E-state index contributed by atoms with van der Waals surface area (Å²) in [6, 6.07) is 10.1. The maximum Gasteiger partial charge on any atom is 0.0239 e. The third-order valence-corrected chi connectivity index (χ3v) is 3.73. The van der Waals surface area contributed by atoms with Crippen molar-refractivity contribution in [3.63, 3.8) is 0 Å². The van der Waals surface area contributed by atoms with E-state index in [9.17, 15) is 0 Å². The molecule has 1 fully saturated rings. The van der Waals surface area contributed by atoms with Crippen LogP contribution >= 0.6 is 0 Å². The SMILES string of the molecule is CC1CCC(C)N1Cc1cccc(CN)c1. The third kappa shape index (κ3) is 2.45. The highest BCUT2D eigenvalue weighted by molar-refractivity contribution is 5.23. The molecule has 16 heavy (non-hydrogen) atoms. The van der Waals surface area contributed by atoms with Crippen molar-refractivity contribution < 1.29 is 0 Å². The van der Waals surface area contributed by atoms with Crippen LogP contribution in [0, 0.1) is 0 Å². The van der Waals surface area contributed by atoms with Crippen LogP contribution in [0.3, 0.4) is 0 Å². The molecule has 2 atom stereocenters. The Bertz CT molecular complexity index is 338. The van der Waals surface area contributed by atoms with Crippen molar-refractivity contribution >= 4 is 0 Å². The Kier molecular flexibility index (Phi) is 3.62. The lowest BCUT2D eigenvalue weighted by atomic mass is 10.1. The molecule has 1 aromatic rings. The first-order valence-electron chi connectivity index (χ1n) is 6.24. The predicted molar refractivity (Wildman–Crippen MR) is 68.0 cm³/mol. The molecule has 2 nitrogen and oxygen atoms in total. The Hall–Kier alpha value is -0.860. The van der Waals surface area contributed by atoms with E-state index in [0.717, 1.165) is 18.6 Å². The molecular formula is C14H22N2. The normalized spacial score (nSPS) is 26.2. The Morgan fingerprint density at radius 1 is 1.19 bits per heavy atom. The number of nitrogens with two attached hydrogens (primary N) is 1. The van der Waals surface area contributed by atoms with E-state index in [-0.39, 0.29) is 0 Å². The lowest BCUT2D eigenvalue weighted by Crippen LogP contribution is -2.32. The molecule has 2 rings (SSSR count). The molecule has 0 aromatic heterocycles. The average molecular weight is 218 g/mol. The highest BCUT2D eigenvalue weighted by Crippen LogP contribution is 2.25. The van der Waals surface area contributed by atoms with E-state index in [1.54, 1.807) is 0 Å². The van der Waals surface area contributed by atoms with Crippen molar-refractivity contribution in [2.45, 2.75) is 51.9 Å². The molecule has 0 aliphatic carbocycles. The van der Waals surface area contributed by atoms with Crippen LogP contribution in [0.4, 0.5) is 0 Å². The van der Waals surface area contributed by atoms with Crippen molar-refractivity contribution in [1.29, 1.82) is 0 Å². The molecule has 1 aliphatic heterocycles. The van der Waals surface area contributed by atoms with Gasteiger partial charge in [0.25, 0.3) is 0 Å². The quantitative estimate of drug-likeness (QED) is 0.844. The van der Waals surface area contributed by atoms with Crippen LogP contribution in [-0.2, 0) is 13.1 Å². The molecule has 0 bridgehead atoms. The minimum Gasteiger partial charge on any atom is -0.326 e. The second-order valence-electron chi connectivity index (χ2n) is 4.97. The molecule has 0 amide bonds. The monoisotopic (exact) mass is 218 g/mol. The zero-order chi connectivity index (χ0) is 11.5. The zero-order valence-electron chi connectivity index (χ0n) is 10.3. The van der Waals surface area contributed by atoms with Crippen molar-refractivity contribution in [3.05, 3.63) is 35.4 Å². The molecular weight excluding hydrogens is 196 g/mol. The zero-order valence-corrected chi connectivity index (χ0v) is 10.3. The molecule has 2 unspecified atom stereocenters. The standard InChI is InChI=1S/C14H22N2/c1-11-6-7-12(2)16(11)10-14-5-3-4-13(8-14)9-15/h3-5,8,11-12H,6-7,9-10,15H2,1-2H3. The number of benzene rings is 1. The van der Waals surface area contributed by atoms with E-state index in [0.29, 0.717) is 6.54 Å². The van der Waals surface area contributed by atoms with Gasteiger partial charge in [-0.3, -0.25) is 4.90 Å². The molecule has 0 saturated carbocycles. The molecule has 1 aliphatic rings. The van der Waals surface area contributed by atoms with Gasteiger partial charge in [-0.05, 0) is 37.8 Å². The van der Waals surface area contributed by atoms with Gasteiger partial charge in [-0.2, -0.15) is 0 Å². The number of rotatable bonds is 3. The van der Waals surface area contributed by atoms with Crippen molar-refractivity contribution in [1.82, 2.24) is 4.90 Å². The van der Waals surface area contributed by atoms with Crippen molar-refractivity contribution in [3.8, 4) is 0 Å². The number of hydrogen-bond acceptors (Lipinski definition) is 2. The first-order chi connectivity index (χ1) is 7.70. The number of hydrogen-bond donors (Lipinski definition) is 1. The topological polar surface area (TPSA) is 29.3 Å². The van der Waals surface area contributed by atoms with Gasteiger partial charge in [0.05, 0.1) is 0 Å². The van der Waals surface area contributed by atoms with Gasteiger partial charge in [-0.15, -0.1) is 0 Å². The second kappa shape index (κ2) is 4.98. The molecule has 1 aromatic carbocycles. The lowest BCUT2D eigenvalue weighted by Gasteiger charge is -2.26. The average Bonchev–Trinajstić information content (AvgIpc) is 2.61. The number of likely N-dealkylation sites (tertiary alicyclic amines) is 1. The van der Waals surface area contributed by atoms with Crippen LogP contribution < -0.4 is 5.73 Å². The van der Waals surface area contributed by atoms with Gasteiger partial charge < -0.3 is 5.73 Å². The van der Waals surface area contributed by atoms with Crippen molar-refractivity contribution in [2.75, 3.05) is 0 Å². The fourth-order valence-electron chi connectivity index (χ4n) is 2.63. The summed E-state index contributed by atoms with van der Waals surface area (Å²) in [7, 11) is 0. The molecule has 1 saturated heterocycles. The Morgan fingerprint density at radius 2 is 1.81 bits per heavy atom. The second-order valence-corrected chi connectivity index (χ2v) is 4.97.